The first-order valence-electron chi connectivity index (χ1n) is 39.9. The maximum atomic E-state index is 11.5. The number of hydrogen-bond donors (Lipinski definition) is 7. The summed E-state index contributed by atoms with van der Waals surface area (Å²) in [5.74, 6) is 4.63. The van der Waals surface area contributed by atoms with Crippen LogP contribution in [0.2, 0.25) is 0 Å². The summed E-state index contributed by atoms with van der Waals surface area (Å²) in [5.41, 5.74) is 0. The number of amides is 1. The molecule has 3 atom stereocenters. The van der Waals surface area contributed by atoms with Gasteiger partial charge in [0, 0.05) is 108 Å². The van der Waals surface area contributed by atoms with Crippen LogP contribution in [0.15, 0.2) is 22.8 Å². The van der Waals surface area contributed by atoms with Crippen LogP contribution in [-0.4, -0.2) is 238 Å². The van der Waals surface area contributed by atoms with Gasteiger partial charge < -0.3 is 77.9 Å². The quantitative estimate of drug-likeness (QED) is 0.0186. The van der Waals surface area contributed by atoms with Crippen LogP contribution in [0.3, 0.4) is 0 Å². The molecule has 656 valence electrons. The summed E-state index contributed by atoms with van der Waals surface area (Å²) in [6.07, 6.45) is 7.65. The van der Waals surface area contributed by atoms with Gasteiger partial charge in [-0.05, 0) is 113 Å². The third kappa shape index (κ3) is 94.3. The van der Waals surface area contributed by atoms with Crippen molar-refractivity contribution in [2.24, 2.45) is 76.9 Å². The van der Waals surface area contributed by atoms with Crippen molar-refractivity contribution in [3.8, 4) is 0 Å². The largest absolute Gasteiger partial charge is 0.481 e. The molecule has 4 heterocycles. The molecule has 3 aliphatic rings. The highest BCUT2D eigenvalue weighted by Gasteiger charge is 2.26. The van der Waals surface area contributed by atoms with Gasteiger partial charge in [0.2, 0.25) is 5.91 Å². The van der Waals surface area contributed by atoms with Crippen LogP contribution >= 0.6 is 0 Å². The normalized spacial score (nSPS) is 14.5. The third-order valence-electron chi connectivity index (χ3n) is 14.5. The Morgan fingerprint density at radius 3 is 1.33 bits per heavy atom. The Bertz CT molecular complexity index is 2350. The van der Waals surface area contributed by atoms with Crippen molar-refractivity contribution >= 4 is 56.7 Å². The predicted octanol–water partition coefficient (Wildman–Crippen LogP) is 13.2. The fraction of sp³-hybridized carbons (Fsp3) is 0.855. The lowest BCUT2D eigenvalue weighted by Crippen LogP contribution is -2.41. The number of rotatable bonds is 36. The number of carboxylic acid groups (broad SMARTS) is 1. The molecule has 27 heteroatoms. The average molecular weight is 1610 g/mol. The van der Waals surface area contributed by atoms with E-state index in [9.17, 15) is 46.8 Å². The second-order valence-corrected chi connectivity index (χ2v) is 32.7. The van der Waals surface area contributed by atoms with Crippen molar-refractivity contribution in [1.29, 1.82) is 0 Å². The summed E-state index contributed by atoms with van der Waals surface area (Å²) in [5, 5.41) is 50.6. The van der Waals surface area contributed by atoms with Crippen LogP contribution in [0.5, 0.6) is 0 Å². The Balaban J connectivity index is -0.000000173. The van der Waals surface area contributed by atoms with Crippen molar-refractivity contribution in [2.75, 3.05) is 125 Å². The van der Waals surface area contributed by atoms with Gasteiger partial charge in [0.05, 0.1) is 71.0 Å². The van der Waals surface area contributed by atoms with E-state index in [1.54, 1.807) is 46.8 Å². The molecule has 0 aliphatic carbocycles. The van der Waals surface area contributed by atoms with Gasteiger partial charge >= 0.3 is 5.97 Å². The van der Waals surface area contributed by atoms with E-state index in [2.05, 4.69) is 41.5 Å². The highest BCUT2D eigenvalue weighted by Crippen LogP contribution is 2.18. The molecule has 3 aliphatic heterocycles. The van der Waals surface area contributed by atoms with Gasteiger partial charge in [-0.2, -0.15) is 8.42 Å². The van der Waals surface area contributed by atoms with Gasteiger partial charge in [0.1, 0.15) is 37.0 Å². The molecule has 1 amide bonds. The van der Waals surface area contributed by atoms with Crippen molar-refractivity contribution in [3.05, 3.63) is 24.2 Å². The summed E-state index contributed by atoms with van der Waals surface area (Å²) in [4.78, 5) is 89.0. The van der Waals surface area contributed by atoms with E-state index in [-0.39, 0.29) is 133 Å². The molecular weight excluding hydrogens is 1440 g/mol. The zero-order chi connectivity index (χ0) is 87.1. The Morgan fingerprint density at radius 1 is 0.545 bits per heavy atom. The molecule has 3 fully saturated rings. The van der Waals surface area contributed by atoms with Crippen LogP contribution in [0.25, 0.3) is 0 Å². The molecule has 26 nitrogen and oxygen atoms in total. The van der Waals surface area contributed by atoms with Crippen LogP contribution in [0.4, 0.5) is 0 Å². The van der Waals surface area contributed by atoms with Crippen LogP contribution < -0.4 is 0 Å². The Hall–Kier alpha value is -4.33. The lowest BCUT2D eigenvalue weighted by atomic mass is 9.95. The molecule has 0 bridgehead atoms. The molecule has 7 N–H and O–H groups in total. The van der Waals surface area contributed by atoms with Crippen LogP contribution in [-0.2, 0) is 76.8 Å². The predicted molar refractivity (Wildman–Crippen MR) is 437 cm³/mol. The lowest BCUT2D eigenvalue weighted by molar-refractivity contribution is -0.138. The van der Waals surface area contributed by atoms with Gasteiger partial charge in [-0.1, -0.05) is 166 Å². The molecule has 0 radical (unpaired) electrons. The van der Waals surface area contributed by atoms with Crippen LogP contribution in [0, 0.1) is 76.9 Å². The molecule has 1 aromatic rings. The molecule has 110 heavy (non-hydrogen) atoms. The molecule has 0 spiro atoms. The Kier molecular flexibility index (Phi) is 88.1. The van der Waals surface area contributed by atoms with E-state index in [1.807, 2.05) is 116 Å². The number of aliphatic hydroxyl groups excluding tert-OH is 5. The fourth-order valence-corrected chi connectivity index (χ4v) is 9.06. The Labute approximate surface area is 666 Å². The van der Waals surface area contributed by atoms with Gasteiger partial charge in [-0.3, -0.25) is 38.1 Å². The van der Waals surface area contributed by atoms with E-state index < -0.39 is 28.3 Å². The SMILES string of the molecule is CC(=O)CC(C)C.CC(C)C(=O)C1CCCO1.CC(C)C(=O)C1CCOC1.CC(C)C(=O)COC(CO)CO.CC(C)C(=O)c1ccco1.CC(C)CC(=O)N1CCOCC1.CC(C)CC(=O)O.CC(C)CC(O)CO.CC(C)CCO.CC(C)CS(=O)(=O)O.CCOCCC(C)C.CCOCCOCC(=O)C(C)C. The summed E-state index contributed by atoms with van der Waals surface area (Å²) in [6.45, 7) is 60.9. The molecule has 0 aromatic carbocycles. The number of carbonyl (C=O) groups excluding carboxylic acids is 7. The zero-order valence-corrected chi connectivity index (χ0v) is 74.4. The standard InChI is InChI=1S/C9H17NO2.C9H18O3.C8H16O4.2C8H14O2.C8H10O2.C7H16O.C6H14O2.C6H12O.C5H10O2.C5H12O.C4H10O3S/c1-8(2)7-9(11)10-3-5-12-6-4-10;1-4-11-5-6-12-7-9(10)8(2)3;1-6(2)8(11)5-12-7(3-9)4-10;1-6(2)8(9)7-3-4-10-5-7;2*1-6(2)8(9)7-4-3-5-10-7;1-4-8-6-5-7(2)3;1-5(2)3-6(8)4-7;1-5(2)4-6(3)7;1-4(2)3-5(6)7;1-5(2)3-4-6;1-4(2)3-8(5,6)7/h8H,3-7H2,1-2H3;8H,4-7H2,1-3H3;6-7,9-10H,3-5H2,1-2H3;2*6-7H,3-5H2,1-2H3;3-6H,1-2H3;7H,4-6H2,1-3H3;5-8H,3-4H2,1-2H3;5H,4H2,1-3H3;4H,3H2,1-2H3,(H,6,7);5-6H,3-4H2,1-2H3;4H,3H2,1-2H3,(H,5,6,7). The topological polar surface area (TPSA) is 393 Å². The number of ether oxygens (including phenoxy) is 7. The first-order chi connectivity index (χ1) is 51.0. The van der Waals surface area contributed by atoms with Gasteiger partial charge in [0.25, 0.3) is 10.1 Å². The van der Waals surface area contributed by atoms with Crippen molar-refractivity contribution in [1.82, 2.24) is 4.90 Å². The summed E-state index contributed by atoms with van der Waals surface area (Å²) in [6, 6.07) is 3.40. The van der Waals surface area contributed by atoms with E-state index in [4.69, 9.17) is 72.8 Å². The van der Waals surface area contributed by atoms with Gasteiger partial charge in [0.15, 0.2) is 28.9 Å². The van der Waals surface area contributed by atoms with Gasteiger partial charge in [-0.25, -0.2) is 0 Å². The second-order valence-electron chi connectivity index (χ2n) is 31.2. The van der Waals surface area contributed by atoms with E-state index >= 15 is 0 Å². The second kappa shape index (κ2) is 79.9. The fourth-order valence-electron chi connectivity index (χ4n) is 8.22. The Morgan fingerprint density at radius 2 is 1.04 bits per heavy atom. The molecule has 0 saturated carbocycles. The third-order valence-corrected chi connectivity index (χ3v) is 15.5. The number of carboxylic acids is 1. The number of Topliss-reactive ketones (excluding diaryl/α,β-unsaturated/α-hetero) is 6. The monoisotopic (exact) mass is 1610 g/mol. The molecule has 3 saturated heterocycles. The van der Waals surface area contributed by atoms with Crippen molar-refractivity contribution in [2.45, 2.75) is 263 Å². The average Bonchev–Trinajstić information content (AvgIpc) is 1.64. The minimum atomic E-state index is -3.72. The highest BCUT2D eigenvalue weighted by atomic mass is 32.2. The van der Waals surface area contributed by atoms with E-state index in [1.165, 1.54) is 12.7 Å². The minimum absolute atomic E-state index is 0.00463. The molecule has 3 unspecified atom stereocenters. The maximum Gasteiger partial charge on any atom is 0.303 e. The van der Waals surface area contributed by atoms with Crippen molar-refractivity contribution in [3.63, 3.8) is 0 Å². The molecule has 1 aromatic heterocycles. The summed E-state index contributed by atoms with van der Waals surface area (Å²) < 4.78 is 68.7. The number of aliphatic carboxylic acids is 1. The molecular formula is C83H163NO25S. The van der Waals surface area contributed by atoms with E-state index in [0.717, 1.165) is 77.5 Å². The van der Waals surface area contributed by atoms with E-state index in [0.29, 0.717) is 94.3 Å². The first-order valence-corrected chi connectivity index (χ1v) is 41.5. The zero-order valence-electron chi connectivity index (χ0n) is 73.6. The van der Waals surface area contributed by atoms with Crippen LogP contribution in [0.1, 0.15) is 255 Å². The minimum Gasteiger partial charge on any atom is -0.481 e. The number of morpholine rings is 1. The number of furan rings is 1. The number of carbonyl (C=O) groups is 8. The summed E-state index contributed by atoms with van der Waals surface area (Å²) >= 11 is 0. The highest BCUT2D eigenvalue weighted by molar-refractivity contribution is 7.85. The van der Waals surface area contributed by atoms with Crippen molar-refractivity contribution < 1.29 is 120 Å². The number of ketones is 6. The smallest absolute Gasteiger partial charge is 0.303 e. The lowest BCUT2D eigenvalue weighted by Gasteiger charge is -2.27. The number of nitrogens with zero attached hydrogens (tertiary/aromatic N) is 1. The molecule has 4 rings (SSSR count). The number of hydrogen-bond acceptors (Lipinski definition) is 23. The summed E-state index contributed by atoms with van der Waals surface area (Å²) in [7, 11) is -3.72. The first kappa shape index (κ1) is 121. The maximum absolute atomic E-state index is 11.5. The van der Waals surface area contributed by atoms with Gasteiger partial charge in [-0.15, -0.1) is 0 Å². The number of aliphatic hydroxyl groups is 5.